The number of ether oxygens (including phenoxy) is 18. The van der Waals surface area contributed by atoms with Crippen molar-refractivity contribution >= 4 is 140 Å². The molecular formula is C56H120As8K3N8NbO18+6. The van der Waals surface area contributed by atoms with Crippen molar-refractivity contribution in [2.24, 2.45) is 11.5 Å². The molecule has 0 unspecified atom stereocenters. The average molecular weight is 2000 g/mol. The van der Waals surface area contributed by atoms with Crippen LogP contribution in [0.2, 0.25) is 0 Å². The van der Waals surface area contributed by atoms with E-state index in [4.69, 9.17) is 96.7 Å². The summed E-state index contributed by atoms with van der Waals surface area (Å²) >= 11 is 9.00. The molecule has 10 heterocycles. The molecule has 0 aromatic rings. The Morgan fingerprint density at radius 2 is 0.309 bits per heavy atom. The Labute approximate surface area is 746 Å². The zero-order valence-electron chi connectivity index (χ0n) is 58.0. The molecule has 0 atom stereocenters. The van der Waals surface area contributed by atoms with Gasteiger partial charge in [-0.15, -0.1) is 0 Å². The van der Waals surface area contributed by atoms with Gasteiger partial charge in [-0.2, -0.15) is 0 Å². The minimum absolute atomic E-state index is 0. The molecule has 2 radical (unpaired) electrons. The van der Waals surface area contributed by atoms with Gasteiger partial charge in [0.1, 0.15) is 78.5 Å². The number of quaternary nitrogens is 4. The Morgan fingerprint density at radius 3 is 0.415 bits per heavy atom. The Bertz CT molecular complexity index is 1240. The van der Waals surface area contributed by atoms with Gasteiger partial charge >= 0.3 is 191 Å². The smallest absolute Gasteiger partial charge is 0 e. The summed E-state index contributed by atoms with van der Waals surface area (Å²) < 4.78 is 103. The molecule has 94 heavy (non-hydrogen) atoms. The van der Waals surface area contributed by atoms with Gasteiger partial charge in [0.05, 0.1) is 238 Å². The largest absolute Gasteiger partial charge is 1.00 e. The molecule has 9 saturated heterocycles. The van der Waals surface area contributed by atoms with Crippen LogP contribution in [-0.4, -0.2) is 518 Å². The number of rotatable bonds is 1. The minimum atomic E-state index is 0. The first kappa shape index (κ1) is 105. The third kappa shape index (κ3) is 73.9. The van der Waals surface area contributed by atoms with Crippen LogP contribution in [0.4, 0.5) is 0 Å². The van der Waals surface area contributed by atoms with Crippen LogP contribution in [0.3, 0.4) is 0 Å². The maximum Gasteiger partial charge on any atom is 1.00 e. The first-order chi connectivity index (χ1) is 44.8. The molecule has 10 aliphatic rings. The molecule has 8 N–H and O–H groups in total. The van der Waals surface area contributed by atoms with Gasteiger partial charge in [-0.1, -0.05) is 0 Å². The van der Waals surface area contributed by atoms with Crippen LogP contribution in [0.25, 0.3) is 0 Å². The van der Waals surface area contributed by atoms with E-state index in [1.165, 1.54) is 19.6 Å². The fraction of sp³-hybridized carbons (Fsp3) is 1.00. The molecule has 534 valence electrons. The van der Waals surface area contributed by atoms with Crippen molar-refractivity contribution < 1.29 is 230 Å². The van der Waals surface area contributed by atoms with E-state index in [1.807, 2.05) is 0 Å². The molecule has 0 spiro atoms. The topological polar surface area (TPSA) is 242 Å². The molecule has 26 nitrogen and oxygen atoms in total. The summed E-state index contributed by atoms with van der Waals surface area (Å²) in [6, 6.07) is 0. The summed E-state index contributed by atoms with van der Waals surface area (Å²) in [7, 11) is 0. The number of nitrogens with zero attached hydrogens (tertiary/aromatic N) is 2. The maximum absolute atomic E-state index is 5.73. The van der Waals surface area contributed by atoms with Gasteiger partial charge < -0.3 is 116 Å². The summed E-state index contributed by atoms with van der Waals surface area (Å²) in [5, 5.41) is 0. The molecule has 9 fully saturated rings. The first-order valence-corrected chi connectivity index (χ1v) is 74.5. The van der Waals surface area contributed by atoms with Crippen LogP contribution in [0, 0.1) is 0 Å². The van der Waals surface area contributed by atoms with Crippen LogP contribution in [0.15, 0.2) is 0 Å². The number of hydrogen-bond donors (Lipinski definition) is 6. The number of nitrogens with one attached hydrogen (secondary N) is 4. The summed E-state index contributed by atoms with van der Waals surface area (Å²) in [6.07, 6.45) is 0. The predicted octanol–water partition coefficient (Wildman–Crippen LogP) is -17.0. The summed E-state index contributed by atoms with van der Waals surface area (Å²) in [4.78, 5) is 10.4. The van der Waals surface area contributed by atoms with E-state index in [0.29, 0.717) is 172 Å². The molecular weight excluding hydrogens is 1880 g/mol. The molecule has 0 saturated carbocycles. The van der Waals surface area contributed by atoms with Crippen LogP contribution in [-0.2, 0) is 108 Å². The van der Waals surface area contributed by atoms with Gasteiger partial charge in [0.25, 0.3) is 0 Å². The van der Waals surface area contributed by atoms with Crippen LogP contribution >= 0.6 is 0 Å². The zero-order chi connectivity index (χ0) is 63.4. The SMILES string of the molecule is C1COCCN2CCOCCOCCN(CCO1)CCOCCOCC2.C1COCC[NH+]2CCOCCOCC[NH+](CCO1)CCOCCOCC2.C1COCC[NH+]2CCOCCOCC[NH+](CCO1)CCOCCOCC2.NCCN.[As]1=[As][As]=[As][As]=[As][As]=[As]1.[K+].[K+].[K].[Nb]. The van der Waals surface area contributed by atoms with E-state index < -0.39 is 0 Å². The Hall–Kier alpha value is 9.08. The van der Waals surface area contributed by atoms with E-state index >= 15 is 0 Å². The minimum Gasteiger partial charge on any atom is 0 e. The van der Waals surface area contributed by atoms with E-state index in [0.717, 1.165) is 286 Å². The van der Waals surface area contributed by atoms with Crippen molar-refractivity contribution in [2.75, 3.05) is 369 Å². The third-order valence-electron chi connectivity index (χ3n) is 14.3. The molecule has 10 rings (SSSR count). The second-order valence-corrected chi connectivity index (χ2v) is 121. The van der Waals surface area contributed by atoms with Crippen molar-refractivity contribution in [3.05, 3.63) is 0 Å². The Morgan fingerprint density at radius 1 is 0.202 bits per heavy atom. The second-order valence-electron chi connectivity index (χ2n) is 21.0. The quantitative estimate of drug-likeness (QED) is 0.134. The van der Waals surface area contributed by atoms with Crippen LogP contribution in [0.5, 0.6) is 0 Å². The third-order valence-corrected chi connectivity index (χ3v) is 247. The molecule has 0 aromatic carbocycles. The van der Waals surface area contributed by atoms with Crippen molar-refractivity contribution in [1.82, 2.24) is 9.80 Å². The normalized spacial score (nSPS) is 28.3. The number of fused-ring (bicyclic) bond motifs is 63. The molecule has 38 heteroatoms. The van der Waals surface area contributed by atoms with Gasteiger partial charge in [-0.3, -0.25) is 9.80 Å². The maximum atomic E-state index is 5.73. The average Bonchev–Trinajstić information content (AvgIpc) is 3.77. The van der Waals surface area contributed by atoms with E-state index in [9.17, 15) is 0 Å². The van der Waals surface area contributed by atoms with Crippen LogP contribution in [0.1, 0.15) is 0 Å². The van der Waals surface area contributed by atoms with E-state index in [2.05, 4.69) is 9.80 Å². The molecule has 0 aliphatic carbocycles. The fourth-order valence-electron chi connectivity index (χ4n) is 8.97. The van der Waals surface area contributed by atoms with Crippen LogP contribution < -0.4 is 134 Å². The van der Waals surface area contributed by atoms with Crippen molar-refractivity contribution in [3.63, 3.8) is 0 Å². The van der Waals surface area contributed by atoms with Gasteiger partial charge in [-0.25, -0.2) is 0 Å². The van der Waals surface area contributed by atoms with Crippen molar-refractivity contribution in [1.29, 1.82) is 0 Å². The summed E-state index contributed by atoms with van der Waals surface area (Å²) in [6.45, 7) is 42.6. The number of hydrogen-bond acceptors (Lipinski definition) is 22. The fourth-order valence-corrected chi connectivity index (χ4v) is 551. The van der Waals surface area contributed by atoms with Gasteiger partial charge in [0, 0.05) is 126 Å². The van der Waals surface area contributed by atoms with Crippen molar-refractivity contribution in [3.8, 4) is 0 Å². The van der Waals surface area contributed by atoms with Gasteiger partial charge in [0.2, 0.25) is 0 Å². The molecule has 10 aliphatic heterocycles. The molecule has 0 aromatic heterocycles. The summed E-state index contributed by atoms with van der Waals surface area (Å²) in [5.41, 5.74) is 9.81. The predicted molar refractivity (Wildman–Crippen MR) is 360 cm³/mol. The van der Waals surface area contributed by atoms with E-state index in [-0.39, 0.29) is 177 Å². The first-order valence-electron chi connectivity index (χ1n) is 32.9. The van der Waals surface area contributed by atoms with Crippen molar-refractivity contribution in [2.45, 2.75) is 0 Å². The second kappa shape index (κ2) is 87.7. The standard InChI is InChI=1S/3C18H36N2O6.C2H8N2.As8.3K.Nb/c3*1-7-21-13-14-24-10-4-20-5-11-25-17-15-22-8-2-19(1)3-9-23-16-18-26-12-6-20;3-1-2-4;1-2-4-6-8-7-5-3-1;;;;/h3*1-18H2;1-4H2;;;;;/q;;;;;;2*+1;/p+4. The molecule has 0 amide bonds. The molecule has 6 bridgehead atoms. The van der Waals surface area contributed by atoms with E-state index in [1.54, 1.807) is 0 Å². The Balaban J connectivity index is 0. The Kier molecular flexibility index (Phi) is 98.0. The zero-order valence-corrected chi connectivity index (χ0v) is 84.6. The number of nitrogens with two attached hydrogens (primary N) is 2. The van der Waals surface area contributed by atoms with Gasteiger partial charge in [-0.05, 0) is 0 Å². The van der Waals surface area contributed by atoms with Gasteiger partial charge in [0.15, 0.2) is 0 Å². The monoisotopic (exact) mass is 2000 g/mol. The summed E-state index contributed by atoms with van der Waals surface area (Å²) in [5.74, 6) is 0.